The molecule has 5 heteroatoms. The lowest BCUT2D eigenvalue weighted by Gasteiger charge is -2.09. The standard InChI is InChI=1S/C15H18N4S/c1-2-7-19-15(17-10-18-19)9-12(16)14-8-11-5-3-4-6-13(11)20-14/h3-6,8,10,12H,2,7,9,16H2,1H3. The van der Waals surface area contributed by atoms with Gasteiger partial charge in [0.15, 0.2) is 0 Å². The minimum atomic E-state index is -0.0211. The van der Waals surface area contributed by atoms with Gasteiger partial charge in [-0.15, -0.1) is 11.3 Å². The molecule has 4 nitrogen and oxygen atoms in total. The van der Waals surface area contributed by atoms with Crippen LogP contribution in [0.5, 0.6) is 0 Å². The van der Waals surface area contributed by atoms with Gasteiger partial charge in [-0.25, -0.2) is 4.98 Å². The van der Waals surface area contributed by atoms with E-state index in [4.69, 9.17) is 5.73 Å². The van der Waals surface area contributed by atoms with Crippen molar-refractivity contribution in [2.75, 3.05) is 0 Å². The summed E-state index contributed by atoms with van der Waals surface area (Å²) in [6.45, 7) is 3.03. The van der Waals surface area contributed by atoms with E-state index in [0.29, 0.717) is 0 Å². The summed E-state index contributed by atoms with van der Waals surface area (Å²) in [6, 6.07) is 10.5. The molecular formula is C15H18N4S. The lowest BCUT2D eigenvalue weighted by molar-refractivity contribution is 0.550. The number of hydrogen-bond donors (Lipinski definition) is 1. The number of hydrogen-bond acceptors (Lipinski definition) is 4. The Kier molecular flexibility index (Phi) is 3.80. The van der Waals surface area contributed by atoms with Crippen molar-refractivity contribution in [3.05, 3.63) is 47.4 Å². The fraction of sp³-hybridized carbons (Fsp3) is 0.333. The molecule has 2 heterocycles. The molecular weight excluding hydrogens is 268 g/mol. The molecule has 1 atom stereocenters. The van der Waals surface area contributed by atoms with Crippen LogP contribution in [0.15, 0.2) is 36.7 Å². The molecule has 0 saturated carbocycles. The molecule has 0 aliphatic rings. The van der Waals surface area contributed by atoms with E-state index in [1.54, 1.807) is 17.7 Å². The summed E-state index contributed by atoms with van der Waals surface area (Å²) in [5, 5.41) is 5.51. The largest absolute Gasteiger partial charge is 0.323 e. The molecule has 0 radical (unpaired) electrons. The van der Waals surface area contributed by atoms with E-state index in [9.17, 15) is 0 Å². The molecule has 20 heavy (non-hydrogen) atoms. The predicted octanol–water partition coefficient (Wildman–Crippen LogP) is 3.15. The number of aromatic nitrogens is 3. The number of thiophene rings is 1. The topological polar surface area (TPSA) is 56.7 Å². The molecule has 2 aromatic heterocycles. The van der Waals surface area contributed by atoms with Crippen LogP contribution in [0.1, 0.15) is 30.1 Å². The van der Waals surface area contributed by atoms with Crippen molar-refractivity contribution in [3.63, 3.8) is 0 Å². The third kappa shape index (κ3) is 2.59. The highest BCUT2D eigenvalue weighted by Gasteiger charge is 2.14. The summed E-state index contributed by atoms with van der Waals surface area (Å²) >= 11 is 1.76. The summed E-state index contributed by atoms with van der Waals surface area (Å²) in [6.07, 6.45) is 3.39. The van der Waals surface area contributed by atoms with Crippen molar-refractivity contribution in [2.45, 2.75) is 32.4 Å². The first-order valence-electron chi connectivity index (χ1n) is 6.88. The molecule has 0 spiro atoms. The number of nitrogens with zero attached hydrogens (tertiary/aromatic N) is 3. The van der Waals surface area contributed by atoms with Gasteiger partial charge in [0.05, 0.1) is 0 Å². The molecule has 0 fully saturated rings. The molecule has 3 rings (SSSR count). The van der Waals surface area contributed by atoms with Crippen LogP contribution in [0.3, 0.4) is 0 Å². The van der Waals surface area contributed by atoms with Gasteiger partial charge in [-0.3, -0.25) is 4.68 Å². The third-order valence-electron chi connectivity index (χ3n) is 3.34. The van der Waals surface area contributed by atoms with E-state index in [2.05, 4.69) is 47.3 Å². The van der Waals surface area contributed by atoms with Crippen LogP contribution in [0.2, 0.25) is 0 Å². The molecule has 0 bridgehead atoms. The molecule has 2 N–H and O–H groups in total. The van der Waals surface area contributed by atoms with Crippen molar-refractivity contribution in [3.8, 4) is 0 Å². The third-order valence-corrected chi connectivity index (χ3v) is 4.59. The Morgan fingerprint density at radius 3 is 3.00 bits per heavy atom. The van der Waals surface area contributed by atoms with Crippen LogP contribution in [0, 0.1) is 0 Å². The Balaban J connectivity index is 1.81. The van der Waals surface area contributed by atoms with Crippen LogP contribution in [-0.4, -0.2) is 14.8 Å². The number of nitrogens with two attached hydrogens (primary N) is 1. The maximum atomic E-state index is 6.34. The molecule has 0 saturated heterocycles. The van der Waals surface area contributed by atoms with E-state index in [0.717, 1.165) is 25.2 Å². The van der Waals surface area contributed by atoms with Gasteiger partial charge in [0.1, 0.15) is 12.2 Å². The van der Waals surface area contributed by atoms with E-state index < -0.39 is 0 Å². The van der Waals surface area contributed by atoms with Crippen molar-refractivity contribution in [1.82, 2.24) is 14.8 Å². The van der Waals surface area contributed by atoms with Crippen LogP contribution in [-0.2, 0) is 13.0 Å². The van der Waals surface area contributed by atoms with Crippen molar-refractivity contribution in [2.24, 2.45) is 5.73 Å². The Bertz CT molecular complexity index is 668. The lowest BCUT2D eigenvalue weighted by atomic mass is 10.1. The Morgan fingerprint density at radius 1 is 1.35 bits per heavy atom. The SMILES string of the molecule is CCCn1ncnc1CC(N)c1cc2ccccc2s1. The van der Waals surface area contributed by atoms with Crippen molar-refractivity contribution >= 4 is 21.4 Å². The van der Waals surface area contributed by atoms with Crippen LogP contribution in [0.25, 0.3) is 10.1 Å². The first-order valence-corrected chi connectivity index (χ1v) is 7.70. The second-order valence-electron chi connectivity index (χ2n) is 4.90. The highest BCUT2D eigenvalue weighted by atomic mass is 32.1. The fourth-order valence-corrected chi connectivity index (χ4v) is 3.39. The van der Waals surface area contributed by atoms with Crippen molar-refractivity contribution in [1.29, 1.82) is 0 Å². The van der Waals surface area contributed by atoms with E-state index in [1.165, 1.54) is 15.0 Å². The zero-order valence-electron chi connectivity index (χ0n) is 11.5. The summed E-state index contributed by atoms with van der Waals surface area (Å²) in [7, 11) is 0. The van der Waals surface area contributed by atoms with Gasteiger partial charge in [-0.05, 0) is 23.9 Å². The van der Waals surface area contributed by atoms with Crippen LogP contribution in [0.4, 0.5) is 0 Å². The maximum Gasteiger partial charge on any atom is 0.138 e. The van der Waals surface area contributed by atoms with Gasteiger partial charge in [-0.1, -0.05) is 25.1 Å². The quantitative estimate of drug-likeness (QED) is 0.784. The lowest BCUT2D eigenvalue weighted by Crippen LogP contribution is -2.16. The van der Waals surface area contributed by atoms with Crippen molar-refractivity contribution < 1.29 is 0 Å². The average molecular weight is 286 g/mol. The van der Waals surface area contributed by atoms with Gasteiger partial charge in [0.25, 0.3) is 0 Å². The van der Waals surface area contributed by atoms with Gasteiger partial charge in [0.2, 0.25) is 0 Å². The van der Waals surface area contributed by atoms with Gasteiger partial charge in [0, 0.05) is 28.6 Å². The predicted molar refractivity (Wildman–Crippen MR) is 82.8 cm³/mol. The van der Waals surface area contributed by atoms with E-state index in [-0.39, 0.29) is 6.04 Å². The summed E-state index contributed by atoms with van der Waals surface area (Å²) in [5.41, 5.74) is 6.34. The molecule has 3 aromatic rings. The molecule has 0 amide bonds. The average Bonchev–Trinajstić information content (AvgIpc) is 3.06. The monoisotopic (exact) mass is 286 g/mol. The summed E-state index contributed by atoms with van der Waals surface area (Å²) in [4.78, 5) is 5.54. The minimum Gasteiger partial charge on any atom is -0.323 e. The molecule has 1 unspecified atom stereocenters. The van der Waals surface area contributed by atoms with Crippen LogP contribution < -0.4 is 5.73 Å². The normalized spacial score (nSPS) is 12.9. The fourth-order valence-electron chi connectivity index (χ4n) is 2.33. The number of benzene rings is 1. The number of rotatable bonds is 5. The highest BCUT2D eigenvalue weighted by Crippen LogP contribution is 2.29. The van der Waals surface area contributed by atoms with Crippen LogP contribution >= 0.6 is 11.3 Å². The summed E-state index contributed by atoms with van der Waals surface area (Å²) in [5.74, 6) is 0.969. The van der Waals surface area contributed by atoms with Gasteiger partial charge >= 0.3 is 0 Å². The second-order valence-corrected chi connectivity index (χ2v) is 6.01. The Hall–Kier alpha value is -1.72. The summed E-state index contributed by atoms with van der Waals surface area (Å²) < 4.78 is 3.24. The van der Waals surface area contributed by atoms with Gasteiger partial charge < -0.3 is 5.73 Å². The minimum absolute atomic E-state index is 0.0211. The second kappa shape index (κ2) is 5.73. The van der Waals surface area contributed by atoms with E-state index in [1.807, 2.05) is 4.68 Å². The maximum absolute atomic E-state index is 6.34. The molecule has 1 aromatic carbocycles. The van der Waals surface area contributed by atoms with E-state index >= 15 is 0 Å². The smallest absolute Gasteiger partial charge is 0.138 e. The molecule has 104 valence electrons. The Morgan fingerprint density at radius 2 is 2.20 bits per heavy atom. The highest BCUT2D eigenvalue weighted by molar-refractivity contribution is 7.19. The number of fused-ring (bicyclic) bond motifs is 1. The zero-order chi connectivity index (χ0) is 13.9. The Labute approximate surface area is 122 Å². The zero-order valence-corrected chi connectivity index (χ0v) is 12.3. The molecule has 0 aliphatic heterocycles. The van der Waals surface area contributed by atoms with Gasteiger partial charge in [-0.2, -0.15) is 5.10 Å². The first kappa shape index (κ1) is 13.3. The first-order chi connectivity index (χ1) is 9.78. The number of aryl methyl sites for hydroxylation is 1. The molecule has 0 aliphatic carbocycles.